The Labute approximate surface area is 102 Å². The Morgan fingerprint density at radius 2 is 2.50 bits per heavy atom. The number of halogens is 1. The number of aromatic nitrogens is 1. The summed E-state index contributed by atoms with van der Waals surface area (Å²) in [5.74, 6) is -0.464. The van der Waals surface area contributed by atoms with E-state index < -0.39 is 5.97 Å². The topological polar surface area (TPSA) is 51.5 Å². The smallest absolute Gasteiger partial charge is 0.352 e. The molecule has 1 aromatic rings. The second kappa shape index (κ2) is 5.01. The van der Waals surface area contributed by atoms with Crippen LogP contribution in [0.3, 0.4) is 0 Å². The minimum absolute atomic E-state index is 0.331. The van der Waals surface area contributed by atoms with Crippen LogP contribution in [-0.4, -0.2) is 28.9 Å². The maximum atomic E-state index is 11.0. The van der Waals surface area contributed by atoms with Crippen molar-refractivity contribution in [3.63, 3.8) is 0 Å². The van der Waals surface area contributed by atoms with E-state index in [4.69, 9.17) is 9.84 Å². The number of ether oxygens (including phenoxy) is 1. The zero-order valence-corrected chi connectivity index (χ0v) is 10.4. The molecule has 5 heteroatoms. The van der Waals surface area contributed by atoms with Crippen molar-refractivity contribution in [1.29, 1.82) is 0 Å². The SMILES string of the molecule is O=C(O)c1cc(Br)cn1CC1CCCOC1. The fourth-order valence-corrected chi connectivity index (χ4v) is 2.50. The molecule has 0 bridgehead atoms. The second-order valence-electron chi connectivity index (χ2n) is 4.08. The van der Waals surface area contributed by atoms with Crippen LogP contribution in [0.4, 0.5) is 0 Å². The molecule has 1 saturated heterocycles. The highest BCUT2D eigenvalue weighted by Gasteiger charge is 2.18. The number of hydrogen-bond donors (Lipinski definition) is 1. The summed E-state index contributed by atoms with van der Waals surface area (Å²) < 4.78 is 7.98. The number of nitrogens with zero attached hydrogens (tertiary/aromatic N) is 1. The van der Waals surface area contributed by atoms with Crippen molar-refractivity contribution in [2.45, 2.75) is 19.4 Å². The molecule has 0 aliphatic carbocycles. The molecule has 0 amide bonds. The highest BCUT2D eigenvalue weighted by Crippen LogP contribution is 2.20. The van der Waals surface area contributed by atoms with Crippen molar-refractivity contribution in [2.75, 3.05) is 13.2 Å². The predicted molar refractivity (Wildman–Crippen MR) is 62.6 cm³/mol. The largest absolute Gasteiger partial charge is 0.477 e. The average molecular weight is 288 g/mol. The summed E-state index contributed by atoms with van der Waals surface area (Å²) in [6.45, 7) is 2.28. The van der Waals surface area contributed by atoms with Crippen molar-refractivity contribution < 1.29 is 14.6 Å². The van der Waals surface area contributed by atoms with Gasteiger partial charge in [0.2, 0.25) is 0 Å². The average Bonchev–Trinajstić information content (AvgIpc) is 2.61. The van der Waals surface area contributed by atoms with Crippen molar-refractivity contribution in [1.82, 2.24) is 4.57 Å². The monoisotopic (exact) mass is 287 g/mol. The molecule has 1 aromatic heterocycles. The van der Waals surface area contributed by atoms with Gasteiger partial charge in [-0.15, -0.1) is 0 Å². The molecule has 1 aliphatic heterocycles. The Balaban J connectivity index is 2.10. The van der Waals surface area contributed by atoms with Crippen LogP contribution < -0.4 is 0 Å². The lowest BCUT2D eigenvalue weighted by Gasteiger charge is -2.22. The molecular weight excluding hydrogens is 274 g/mol. The van der Waals surface area contributed by atoms with Gasteiger partial charge in [0.05, 0.1) is 6.61 Å². The van der Waals surface area contributed by atoms with Gasteiger partial charge < -0.3 is 14.4 Å². The van der Waals surface area contributed by atoms with Gasteiger partial charge in [-0.25, -0.2) is 4.79 Å². The Morgan fingerprint density at radius 1 is 1.69 bits per heavy atom. The quantitative estimate of drug-likeness (QED) is 0.929. The molecule has 1 N–H and O–H groups in total. The van der Waals surface area contributed by atoms with Crippen LogP contribution >= 0.6 is 15.9 Å². The van der Waals surface area contributed by atoms with E-state index >= 15 is 0 Å². The summed E-state index contributed by atoms with van der Waals surface area (Å²) in [6.07, 6.45) is 3.99. The van der Waals surface area contributed by atoms with E-state index in [0.717, 1.165) is 30.5 Å². The molecule has 0 radical (unpaired) electrons. The first kappa shape index (κ1) is 11.7. The number of rotatable bonds is 3. The van der Waals surface area contributed by atoms with Crippen molar-refractivity contribution in [3.8, 4) is 0 Å². The van der Waals surface area contributed by atoms with E-state index in [1.165, 1.54) is 0 Å². The normalized spacial score (nSPS) is 20.9. The summed E-state index contributed by atoms with van der Waals surface area (Å²) in [4.78, 5) is 11.0. The molecule has 16 heavy (non-hydrogen) atoms. The second-order valence-corrected chi connectivity index (χ2v) is 5.00. The fourth-order valence-electron chi connectivity index (χ4n) is 2.03. The molecule has 0 aromatic carbocycles. The third kappa shape index (κ3) is 2.65. The van der Waals surface area contributed by atoms with E-state index in [2.05, 4.69) is 15.9 Å². The summed E-state index contributed by atoms with van der Waals surface area (Å²) in [5.41, 5.74) is 0.331. The summed E-state index contributed by atoms with van der Waals surface area (Å²) in [5, 5.41) is 9.04. The molecule has 4 nitrogen and oxygen atoms in total. The molecule has 0 saturated carbocycles. The van der Waals surface area contributed by atoms with Gasteiger partial charge >= 0.3 is 5.97 Å². The Morgan fingerprint density at radius 3 is 3.12 bits per heavy atom. The van der Waals surface area contributed by atoms with Crippen molar-refractivity contribution in [2.24, 2.45) is 5.92 Å². The summed E-state index contributed by atoms with van der Waals surface area (Å²) in [7, 11) is 0. The molecule has 0 spiro atoms. The minimum atomic E-state index is -0.887. The standard InChI is InChI=1S/C11H14BrNO3/c12-9-4-10(11(14)15)13(6-9)5-8-2-1-3-16-7-8/h4,6,8H,1-3,5,7H2,(H,14,15). The van der Waals surface area contributed by atoms with Gasteiger partial charge in [0.25, 0.3) is 0 Å². The number of hydrogen-bond acceptors (Lipinski definition) is 2. The lowest BCUT2D eigenvalue weighted by atomic mass is 10.0. The zero-order valence-electron chi connectivity index (χ0n) is 8.86. The highest BCUT2D eigenvalue weighted by atomic mass is 79.9. The molecule has 1 unspecified atom stereocenters. The minimum Gasteiger partial charge on any atom is -0.477 e. The Bertz CT molecular complexity index is 383. The molecule has 1 atom stereocenters. The Kier molecular flexibility index (Phi) is 3.66. The first-order valence-corrected chi connectivity index (χ1v) is 6.13. The zero-order chi connectivity index (χ0) is 11.5. The predicted octanol–water partition coefficient (Wildman–Crippen LogP) is 2.38. The first-order chi connectivity index (χ1) is 7.66. The third-order valence-corrected chi connectivity index (χ3v) is 3.23. The maximum Gasteiger partial charge on any atom is 0.352 e. The van der Waals surface area contributed by atoms with Crippen LogP contribution in [0.1, 0.15) is 23.3 Å². The number of carboxylic acids is 1. The highest BCUT2D eigenvalue weighted by molar-refractivity contribution is 9.10. The number of aromatic carboxylic acids is 1. The van der Waals surface area contributed by atoms with Gasteiger partial charge in [-0.2, -0.15) is 0 Å². The first-order valence-electron chi connectivity index (χ1n) is 5.33. The lowest BCUT2D eigenvalue weighted by Crippen LogP contribution is -2.23. The molecule has 88 valence electrons. The van der Waals surface area contributed by atoms with Crippen LogP contribution in [-0.2, 0) is 11.3 Å². The molecule has 2 heterocycles. The molecule has 1 aliphatic rings. The Hall–Kier alpha value is -0.810. The van der Waals surface area contributed by atoms with Crippen LogP contribution in [0.2, 0.25) is 0 Å². The van der Waals surface area contributed by atoms with Crippen LogP contribution in [0.25, 0.3) is 0 Å². The van der Waals surface area contributed by atoms with Crippen molar-refractivity contribution >= 4 is 21.9 Å². The third-order valence-electron chi connectivity index (χ3n) is 2.79. The lowest BCUT2D eigenvalue weighted by molar-refractivity contribution is 0.0471. The van der Waals surface area contributed by atoms with Gasteiger partial charge in [0, 0.05) is 29.7 Å². The van der Waals surface area contributed by atoms with Crippen LogP contribution in [0.15, 0.2) is 16.7 Å². The van der Waals surface area contributed by atoms with Gasteiger partial charge in [-0.05, 0) is 34.8 Å². The van der Waals surface area contributed by atoms with E-state index in [0.29, 0.717) is 18.2 Å². The molecular formula is C11H14BrNO3. The number of carboxylic acid groups (broad SMARTS) is 1. The van der Waals surface area contributed by atoms with E-state index in [1.54, 1.807) is 10.6 Å². The van der Waals surface area contributed by atoms with E-state index in [1.807, 2.05) is 6.20 Å². The van der Waals surface area contributed by atoms with Gasteiger partial charge in [-0.3, -0.25) is 0 Å². The fraction of sp³-hybridized carbons (Fsp3) is 0.545. The van der Waals surface area contributed by atoms with Crippen molar-refractivity contribution in [3.05, 3.63) is 22.4 Å². The molecule has 2 rings (SSSR count). The van der Waals surface area contributed by atoms with E-state index in [9.17, 15) is 4.79 Å². The van der Waals surface area contributed by atoms with Crippen LogP contribution in [0.5, 0.6) is 0 Å². The number of carbonyl (C=O) groups is 1. The summed E-state index contributed by atoms with van der Waals surface area (Å²) >= 11 is 3.30. The van der Waals surface area contributed by atoms with Gasteiger partial charge in [0.15, 0.2) is 0 Å². The van der Waals surface area contributed by atoms with Gasteiger partial charge in [0.1, 0.15) is 5.69 Å². The summed E-state index contributed by atoms with van der Waals surface area (Å²) in [6, 6.07) is 1.63. The molecule has 1 fully saturated rings. The van der Waals surface area contributed by atoms with E-state index in [-0.39, 0.29) is 0 Å². The van der Waals surface area contributed by atoms with Gasteiger partial charge in [-0.1, -0.05) is 0 Å². The maximum absolute atomic E-state index is 11.0. The van der Waals surface area contributed by atoms with Crippen LogP contribution in [0, 0.1) is 5.92 Å².